The molecule has 1 aromatic carbocycles. The van der Waals surface area contributed by atoms with Crippen LogP contribution in [0.2, 0.25) is 0 Å². The molecule has 90 valence electrons. The molecule has 1 unspecified atom stereocenters. The summed E-state index contributed by atoms with van der Waals surface area (Å²) in [7, 11) is -0.659. The maximum atomic E-state index is 11.6. The van der Waals surface area contributed by atoms with Gasteiger partial charge in [0.2, 0.25) is 0 Å². The Morgan fingerprint density at radius 2 is 1.81 bits per heavy atom. The first-order valence-electron chi connectivity index (χ1n) is 5.91. The largest absolute Gasteiger partial charge is 0.399 e. The van der Waals surface area contributed by atoms with Crippen LogP contribution in [0, 0.1) is 0 Å². The fourth-order valence-electron chi connectivity index (χ4n) is 1.53. The maximum Gasteiger partial charge on any atom is 0.0314 e. The molecule has 0 saturated heterocycles. The quantitative estimate of drug-likeness (QED) is 0.587. The number of aryl methyl sites for hydroxylation is 1. The van der Waals surface area contributed by atoms with E-state index in [-0.39, 0.29) is 0 Å². The molecule has 1 atom stereocenters. The molecule has 1 aromatic rings. The fraction of sp³-hybridized carbons (Fsp3) is 0.538. The molecular weight excluding hydrogens is 218 g/mol. The molecule has 16 heavy (non-hydrogen) atoms. The summed E-state index contributed by atoms with van der Waals surface area (Å²) < 4.78 is 11.6. The third-order valence-corrected chi connectivity index (χ3v) is 3.98. The summed E-state index contributed by atoms with van der Waals surface area (Å²) in [6.45, 7) is 2.16. The van der Waals surface area contributed by atoms with E-state index in [2.05, 4.69) is 6.92 Å². The topological polar surface area (TPSA) is 43.1 Å². The van der Waals surface area contributed by atoms with Crippen LogP contribution in [0.4, 0.5) is 5.69 Å². The number of unbranched alkanes of at least 4 members (excludes halogenated alkanes) is 2. The van der Waals surface area contributed by atoms with Gasteiger partial charge in [0.15, 0.2) is 0 Å². The minimum absolute atomic E-state index is 0.659. The van der Waals surface area contributed by atoms with Crippen molar-refractivity contribution in [3.05, 3.63) is 29.8 Å². The monoisotopic (exact) mass is 239 g/mol. The molecule has 0 bridgehead atoms. The summed E-state index contributed by atoms with van der Waals surface area (Å²) in [4.78, 5) is 0. The van der Waals surface area contributed by atoms with E-state index in [1.807, 2.05) is 24.3 Å². The van der Waals surface area contributed by atoms with Gasteiger partial charge in [-0.2, -0.15) is 0 Å². The van der Waals surface area contributed by atoms with Crippen LogP contribution in [0.5, 0.6) is 0 Å². The van der Waals surface area contributed by atoms with Crippen molar-refractivity contribution in [2.45, 2.75) is 32.6 Å². The third-order valence-electron chi connectivity index (χ3n) is 2.57. The first-order chi connectivity index (χ1) is 7.72. The second kappa shape index (κ2) is 7.44. The lowest BCUT2D eigenvalue weighted by atomic mass is 10.2. The predicted octanol–water partition coefficient (Wildman–Crippen LogP) is 2.75. The normalized spacial score (nSPS) is 12.6. The van der Waals surface area contributed by atoms with Crippen molar-refractivity contribution in [1.29, 1.82) is 0 Å². The summed E-state index contributed by atoms with van der Waals surface area (Å²) in [5.74, 6) is 1.62. The Balaban J connectivity index is 2.23. The molecule has 0 amide bonds. The minimum Gasteiger partial charge on any atom is -0.399 e. The highest BCUT2D eigenvalue weighted by Crippen LogP contribution is 2.07. The molecule has 2 nitrogen and oxygen atoms in total. The van der Waals surface area contributed by atoms with E-state index >= 15 is 0 Å². The third kappa shape index (κ3) is 5.31. The number of benzene rings is 1. The van der Waals surface area contributed by atoms with Crippen LogP contribution in [0.1, 0.15) is 31.7 Å². The van der Waals surface area contributed by atoms with Gasteiger partial charge >= 0.3 is 0 Å². The van der Waals surface area contributed by atoms with Crippen LogP contribution in [0.3, 0.4) is 0 Å². The van der Waals surface area contributed by atoms with Crippen molar-refractivity contribution >= 4 is 16.5 Å². The number of hydrogen-bond donors (Lipinski definition) is 1. The van der Waals surface area contributed by atoms with E-state index in [9.17, 15) is 4.21 Å². The van der Waals surface area contributed by atoms with Gasteiger partial charge < -0.3 is 5.73 Å². The van der Waals surface area contributed by atoms with Gasteiger partial charge in [-0.15, -0.1) is 0 Å². The second-order valence-corrected chi connectivity index (χ2v) is 5.74. The molecular formula is C13H21NOS. The molecule has 3 heteroatoms. The summed E-state index contributed by atoms with van der Waals surface area (Å²) in [5, 5.41) is 0. The van der Waals surface area contributed by atoms with E-state index in [4.69, 9.17) is 5.73 Å². The molecule has 0 fully saturated rings. The molecule has 0 aliphatic rings. The summed E-state index contributed by atoms with van der Waals surface area (Å²) in [6, 6.07) is 7.82. The number of nitrogens with two attached hydrogens (primary N) is 1. The average Bonchev–Trinajstić information content (AvgIpc) is 2.29. The molecule has 0 aliphatic heterocycles. The molecule has 1 rings (SSSR count). The van der Waals surface area contributed by atoms with E-state index < -0.39 is 10.8 Å². The Morgan fingerprint density at radius 1 is 1.12 bits per heavy atom. The lowest BCUT2D eigenvalue weighted by Gasteiger charge is -2.03. The van der Waals surface area contributed by atoms with Gasteiger partial charge in [-0.1, -0.05) is 31.9 Å². The number of anilines is 1. The first kappa shape index (κ1) is 13.2. The minimum atomic E-state index is -0.659. The van der Waals surface area contributed by atoms with Crippen molar-refractivity contribution in [3.63, 3.8) is 0 Å². The molecule has 0 radical (unpaired) electrons. The highest BCUT2D eigenvalue weighted by atomic mass is 32.2. The van der Waals surface area contributed by atoms with Crippen LogP contribution in [0.15, 0.2) is 24.3 Å². The predicted molar refractivity (Wildman–Crippen MR) is 72.0 cm³/mol. The summed E-state index contributed by atoms with van der Waals surface area (Å²) in [5.41, 5.74) is 7.61. The zero-order valence-corrected chi connectivity index (χ0v) is 10.8. The fourth-order valence-corrected chi connectivity index (χ4v) is 2.72. The Labute approximate surface area is 101 Å². The van der Waals surface area contributed by atoms with Crippen LogP contribution in [0.25, 0.3) is 0 Å². The molecule has 0 aliphatic carbocycles. The Kier molecular flexibility index (Phi) is 6.16. The molecule has 0 heterocycles. The molecule has 2 N–H and O–H groups in total. The SMILES string of the molecule is CCCCCS(=O)CCc1ccc(N)cc1. The number of hydrogen-bond acceptors (Lipinski definition) is 2. The van der Waals surface area contributed by atoms with Gasteiger partial charge in [0.1, 0.15) is 0 Å². The van der Waals surface area contributed by atoms with Crippen molar-refractivity contribution < 1.29 is 4.21 Å². The van der Waals surface area contributed by atoms with E-state index in [1.54, 1.807) is 0 Å². The van der Waals surface area contributed by atoms with Gasteiger partial charge in [-0.05, 0) is 30.5 Å². The summed E-state index contributed by atoms with van der Waals surface area (Å²) >= 11 is 0. The average molecular weight is 239 g/mol. The first-order valence-corrected chi connectivity index (χ1v) is 7.40. The highest BCUT2D eigenvalue weighted by Gasteiger charge is 2.00. The Hall–Kier alpha value is -0.830. The molecule has 0 aromatic heterocycles. The summed E-state index contributed by atoms with van der Waals surface area (Å²) in [6.07, 6.45) is 4.35. The lowest BCUT2D eigenvalue weighted by molar-refractivity contribution is 0.675. The van der Waals surface area contributed by atoms with Crippen molar-refractivity contribution in [3.8, 4) is 0 Å². The highest BCUT2D eigenvalue weighted by molar-refractivity contribution is 7.84. The smallest absolute Gasteiger partial charge is 0.0314 e. The standard InChI is InChI=1S/C13H21NOS/c1-2-3-4-10-16(15)11-9-12-5-7-13(14)8-6-12/h5-8H,2-4,9-11,14H2,1H3. The van der Waals surface area contributed by atoms with Gasteiger partial charge in [-0.3, -0.25) is 4.21 Å². The number of nitrogen functional groups attached to an aromatic ring is 1. The van der Waals surface area contributed by atoms with E-state index in [0.29, 0.717) is 0 Å². The van der Waals surface area contributed by atoms with Gasteiger partial charge in [-0.25, -0.2) is 0 Å². The zero-order chi connectivity index (χ0) is 11.8. The van der Waals surface area contributed by atoms with Crippen LogP contribution in [-0.4, -0.2) is 15.7 Å². The van der Waals surface area contributed by atoms with Crippen molar-refractivity contribution in [2.75, 3.05) is 17.2 Å². The van der Waals surface area contributed by atoms with Gasteiger partial charge in [0.05, 0.1) is 0 Å². The molecule has 0 spiro atoms. The Morgan fingerprint density at radius 3 is 2.44 bits per heavy atom. The molecule has 0 saturated carbocycles. The van der Waals surface area contributed by atoms with Crippen molar-refractivity contribution in [2.24, 2.45) is 0 Å². The number of rotatable bonds is 7. The lowest BCUT2D eigenvalue weighted by Crippen LogP contribution is -2.05. The van der Waals surface area contributed by atoms with Crippen molar-refractivity contribution in [1.82, 2.24) is 0 Å². The van der Waals surface area contributed by atoms with E-state index in [0.717, 1.165) is 30.0 Å². The maximum absolute atomic E-state index is 11.6. The van der Waals surface area contributed by atoms with Crippen LogP contribution >= 0.6 is 0 Å². The Bertz CT molecular complexity index is 321. The van der Waals surface area contributed by atoms with Crippen LogP contribution in [-0.2, 0) is 17.2 Å². The van der Waals surface area contributed by atoms with Gasteiger partial charge in [0.25, 0.3) is 0 Å². The van der Waals surface area contributed by atoms with Gasteiger partial charge in [0, 0.05) is 28.0 Å². The van der Waals surface area contributed by atoms with Crippen LogP contribution < -0.4 is 5.73 Å². The second-order valence-electron chi connectivity index (χ2n) is 4.05. The zero-order valence-electron chi connectivity index (χ0n) is 9.95. The van der Waals surface area contributed by atoms with E-state index in [1.165, 1.54) is 18.4 Å².